The van der Waals surface area contributed by atoms with Crippen molar-refractivity contribution in [3.05, 3.63) is 70.7 Å². The molecule has 0 aliphatic heterocycles. The molecule has 0 unspecified atom stereocenters. The number of H-pyrrole nitrogens is 2. The van der Waals surface area contributed by atoms with Crippen LogP contribution < -0.4 is 11.0 Å². The maximum atomic E-state index is 11.8. The largest absolute Gasteiger partial charge is 0.323 e. The number of imidazole rings is 1. The molecule has 1 heterocycles. The van der Waals surface area contributed by atoms with Crippen LogP contribution in [0.1, 0.15) is 5.56 Å². The van der Waals surface area contributed by atoms with Crippen molar-refractivity contribution < 1.29 is 4.79 Å². The summed E-state index contributed by atoms with van der Waals surface area (Å²) in [6.45, 7) is 0. The fraction of sp³-hybridized carbons (Fsp3) is 0. The van der Waals surface area contributed by atoms with Crippen molar-refractivity contribution in [2.24, 2.45) is 0 Å². The second-order valence-corrected chi connectivity index (χ2v) is 4.57. The van der Waals surface area contributed by atoms with E-state index in [2.05, 4.69) is 15.3 Å². The molecule has 0 saturated heterocycles. The van der Waals surface area contributed by atoms with Gasteiger partial charge in [0.2, 0.25) is 5.91 Å². The van der Waals surface area contributed by atoms with Gasteiger partial charge in [0.25, 0.3) is 0 Å². The highest BCUT2D eigenvalue weighted by molar-refractivity contribution is 6.02. The van der Waals surface area contributed by atoms with Gasteiger partial charge in [-0.25, -0.2) is 4.79 Å². The first-order valence-electron chi connectivity index (χ1n) is 6.47. The first-order valence-corrected chi connectivity index (χ1v) is 6.47. The fourth-order valence-electron chi connectivity index (χ4n) is 2.03. The molecule has 3 aromatic rings. The number of hydrogen-bond donors (Lipinski definition) is 3. The average Bonchev–Trinajstić information content (AvgIpc) is 2.85. The molecule has 0 saturated carbocycles. The Morgan fingerprint density at radius 2 is 1.76 bits per heavy atom. The Morgan fingerprint density at radius 1 is 1.00 bits per heavy atom. The van der Waals surface area contributed by atoms with Gasteiger partial charge in [0, 0.05) is 11.8 Å². The van der Waals surface area contributed by atoms with E-state index in [9.17, 15) is 9.59 Å². The lowest BCUT2D eigenvalue weighted by Crippen LogP contribution is -2.07. The summed E-state index contributed by atoms with van der Waals surface area (Å²) in [6.07, 6.45) is 3.21. The molecule has 104 valence electrons. The van der Waals surface area contributed by atoms with Gasteiger partial charge >= 0.3 is 5.69 Å². The number of nitrogens with one attached hydrogen (secondary N) is 3. The molecule has 0 radical (unpaired) electrons. The van der Waals surface area contributed by atoms with Gasteiger partial charge in [-0.2, -0.15) is 0 Å². The average molecular weight is 279 g/mol. The van der Waals surface area contributed by atoms with E-state index in [-0.39, 0.29) is 11.6 Å². The zero-order valence-electron chi connectivity index (χ0n) is 11.1. The molecule has 1 aromatic heterocycles. The van der Waals surface area contributed by atoms with Crippen LogP contribution >= 0.6 is 0 Å². The lowest BCUT2D eigenvalue weighted by atomic mass is 10.2. The van der Waals surface area contributed by atoms with Crippen molar-refractivity contribution in [1.82, 2.24) is 9.97 Å². The second kappa shape index (κ2) is 5.50. The lowest BCUT2D eigenvalue weighted by molar-refractivity contribution is -0.111. The molecule has 1 amide bonds. The zero-order valence-corrected chi connectivity index (χ0v) is 11.1. The van der Waals surface area contributed by atoms with Crippen LogP contribution in [0.15, 0.2) is 59.4 Å². The second-order valence-electron chi connectivity index (χ2n) is 4.57. The summed E-state index contributed by atoms with van der Waals surface area (Å²) in [5.41, 5.74) is 2.68. The highest BCUT2D eigenvalue weighted by atomic mass is 16.1. The highest BCUT2D eigenvalue weighted by Crippen LogP contribution is 2.14. The quantitative estimate of drug-likeness (QED) is 0.644. The van der Waals surface area contributed by atoms with Crippen LogP contribution in [0.3, 0.4) is 0 Å². The van der Waals surface area contributed by atoms with Crippen molar-refractivity contribution in [3.8, 4) is 0 Å². The van der Waals surface area contributed by atoms with Crippen molar-refractivity contribution in [2.45, 2.75) is 0 Å². The summed E-state index contributed by atoms with van der Waals surface area (Å²) in [4.78, 5) is 28.3. The number of benzene rings is 2. The topological polar surface area (TPSA) is 77.8 Å². The Labute approximate surface area is 120 Å². The van der Waals surface area contributed by atoms with Crippen LogP contribution in [0.2, 0.25) is 0 Å². The van der Waals surface area contributed by atoms with Gasteiger partial charge in [-0.05, 0) is 29.8 Å². The van der Waals surface area contributed by atoms with E-state index >= 15 is 0 Å². The number of carbonyl (C=O) groups is 1. The molecule has 3 N–H and O–H groups in total. The van der Waals surface area contributed by atoms with Gasteiger partial charge in [0.1, 0.15) is 0 Å². The standard InChI is InChI=1S/C16H13N3O2/c20-15(9-6-11-4-2-1-3-5-11)17-12-7-8-13-14(10-12)19-16(21)18-13/h1-10H,(H,17,20)(H2,18,19,21). The monoisotopic (exact) mass is 279 g/mol. The number of aromatic nitrogens is 2. The summed E-state index contributed by atoms with van der Waals surface area (Å²) in [7, 11) is 0. The molecule has 0 fully saturated rings. The molecule has 0 aliphatic rings. The number of fused-ring (bicyclic) bond motifs is 1. The number of amides is 1. The molecular formula is C16H13N3O2. The third-order valence-electron chi connectivity index (χ3n) is 3.01. The van der Waals surface area contributed by atoms with Gasteiger partial charge in [0.15, 0.2) is 0 Å². The summed E-state index contributed by atoms with van der Waals surface area (Å²) in [5, 5.41) is 2.75. The van der Waals surface area contributed by atoms with E-state index in [4.69, 9.17) is 0 Å². The van der Waals surface area contributed by atoms with Crippen molar-refractivity contribution in [2.75, 3.05) is 5.32 Å². The van der Waals surface area contributed by atoms with E-state index in [1.165, 1.54) is 6.08 Å². The van der Waals surface area contributed by atoms with Gasteiger partial charge in [0.05, 0.1) is 11.0 Å². The first-order chi connectivity index (χ1) is 10.2. The summed E-state index contributed by atoms with van der Waals surface area (Å²) < 4.78 is 0. The first kappa shape index (κ1) is 12.9. The van der Waals surface area contributed by atoms with Crippen molar-refractivity contribution in [3.63, 3.8) is 0 Å². The molecule has 0 bridgehead atoms. The lowest BCUT2D eigenvalue weighted by Gasteiger charge is -2.01. The molecule has 5 heteroatoms. The third kappa shape index (κ3) is 3.09. The molecule has 3 rings (SSSR count). The normalized spacial score (nSPS) is 11.0. The van der Waals surface area contributed by atoms with Crippen LogP contribution in [0, 0.1) is 0 Å². The van der Waals surface area contributed by atoms with Crippen LogP contribution in [0.4, 0.5) is 5.69 Å². The molecule has 0 atom stereocenters. The number of aromatic amines is 2. The van der Waals surface area contributed by atoms with Gasteiger partial charge < -0.3 is 15.3 Å². The minimum absolute atomic E-state index is 0.226. The SMILES string of the molecule is O=C(C=Cc1ccccc1)Nc1ccc2[nH]c(=O)[nH]c2c1. The fourth-order valence-corrected chi connectivity index (χ4v) is 2.03. The molecule has 5 nitrogen and oxygen atoms in total. The maximum Gasteiger partial charge on any atom is 0.323 e. The van der Waals surface area contributed by atoms with E-state index in [0.29, 0.717) is 16.7 Å². The Balaban J connectivity index is 1.74. The predicted octanol–water partition coefficient (Wildman–Crippen LogP) is 2.51. The Morgan fingerprint density at radius 3 is 2.57 bits per heavy atom. The number of rotatable bonds is 3. The van der Waals surface area contributed by atoms with Gasteiger partial charge in [-0.1, -0.05) is 30.3 Å². The Hall–Kier alpha value is -3.08. The number of anilines is 1. The van der Waals surface area contributed by atoms with Crippen LogP contribution in [0.5, 0.6) is 0 Å². The molecule has 2 aromatic carbocycles. The van der Waals surface area contributed by atoms with Crippen molar-refractivity contribution in [1.29, 1.82) is 0 Å². The predicted molar refractivity (Wildman–Crippen MR) is 83.0 cm³/mol. The van der Waals surface area contributed by atoms with Gasteiger partial charge in [-0.15, -0.1) is 0 Å². The molecule has 0 aliphatic carbocycles. The highest BCUT2D eigenvalue weighted by Gasteiger charge is 2.02. The summed E-state index contributed by atoms with van der Waals surface area (Å²) in [5.74, 6) is -0.226. The van der Waals surface area contributed by atoms with Gasteiger partial charge in [-0.3, -0.25) is 4.79 Å². The zero-order chi connectivity index (χ0) is 14.7. The summed E-state index contributed by atoms with van der Waals surface area (Å²) >= 11 is 0. The van der Waals surface area contributed by atoms with E-state index in [1.54, 1.807) is 24.3 Å². The minimum atomic E-state index is -0.266. The smallest absolute Gasteiger partial charge is 0.322 e. The molecule has 21 heavy (non-hydrogen) atoms. The van der Waals surface area contributed by atoms with E-state index < -0.39 is 0 Å². The minimum Gasteiger partial charge on any atom is -0.322 e. The van der Waals surface area contributed by atoms with Crippen LogP contribution in [-0.4, -0.2) is 15.9 Å². The van der Waals surface area contributed by atoms with Crippen LogP contribution in [-0.2, 0) is 4.79 Å². The van der Waals surface area contributed by atoms with E-state index in [0.717, 1.165) is 5.56 Å². The molecular weight excluding hydrogens is 266 g/mol. The third-order valence-corrected chi connectivity index (χ3v) is 3.01. The van der Waals surface area contributed by atoms with Crippen molar-refractivity contribution >= 4 is 28.7 Å². The number of hydrogen-bond acceptors (Lipinski definition) is 2. The Bertz CT molecular complexity index is 860. The van der Waals surface area contributed by atoms with Crippen LogP contribution in [0.25, 0.3) is 17.1 Å². The van der Waals surface area contributed by atoms with E-state index in [1.807, 2.05) is 30.3 Å². The Kier molecular flexibility index (Phi) is 3.39. The maximum absolute atomic E-state index is 11.8. The molecule has 0 spiro atoms. The number of carbonyl (C=O) groups excluding carboxylic acids is 1. The summed E-state index contributed by atoms with van der Waals surface area (Å²) in [6, 6.07) is 14.8.